The largest absolute Gasteiger partial charge is 0.380 e. The molecule has 1 unspecified atom stereocenters. The molecule has 5 heteroatoms. The van der Waals surface area contributed by atoms with Crippen molar-refractivity contribution >= 4 is 9.84 Å². The zero-order valence-corrected chi connectivity index (χ0v) is 14.2. The van der Waals surface area contributed by atoms with Crippen LogP contribution in [0.2, 0.25) is 0 Å². The van der Waals surface area contributed by atoms with Crippen LogP contribution in [0.1, 0.15) is 38.8 Å². The summed E-state index contributed by atoms with van der Waals surface area (Å²) in [5.74, 6) is 0.672. The van der Waals surface area contributed by atoms with Gasteiger partial charge in [-0.25, -0.2) is 8.42 Å². The number of rotatable bonds is 9. The minimum Gasteiger partial charge on any atom is -0.380 e. The molecule has 0 bridgehead atoms. The van der Waals surface area contributed by atoms with Gasteiger partial charge in [0, 0.05) is 25.4 Å². The topological polar surface area (TPSA) is 55.4 Å². The second-order valence-electron chi connectivity index (χ2n) is 5.81. The number of hydrogen-bond donors (Lipinski definition) is 1. The Labute approximate surface area is 128 Å². The summed E-state index contributed by atoms with van der Waals surface area (Å²) in [5.41, 5.74) is 1.07. The van der Waals surface area contributed by atoms with E-state index in [2.05, 4.69) is 26.1 Å². The summed E-state index contributed by atoms with van der Waals surface area (Å²) in [5, 5.41) is 3.37. The van der Waals surface area contributed by atoms with E-state index < -0.39 is 9.84 Å². The highest BCUT2D eigenvalue weighted by molar-refractivity contribution is 7.90. The normalized spacial score (nSPS) is 13.6. The van der Waals surface area contributed by atoms with Gasteiger partial charge in [0.15, 0.2) is 9.84 Å². The van der Waals surface area contributed by atoms with Crippen LogP contribution in [0.3, 0.4) is 0 Å². The van der Waals surface area contributed by atoms with Crippen molar-refractivity contribution < 1.29 is 13.2 Å². The smallest absolute Gasteiger partial charge is 0.175 e. The van der Waals surface area contributed by atoms with E-state index >= 15 is 0 Å². The van der Waals surface area contributed by atoms with Crippen molar-refractivity contribution in [3.8, 4) is 0 Å². The zero-order chi connectivity index (χ0) is 15.9. The number of sulfone groups is 1. The molecule has 1 aromatic carbocycles. The Morgan fingerprint density at radius 2 is 1.71 bits per heavy atom. The standard InChI is InChI=1S/C16H27NO3S/c1-13(2)9-11-20-12-10-17-14(3)15-5-7-16(8-6-15)21(4,18)19/h5-8,13-14,17H,9-12H2,1-4H3. The molecular weight excluding hydrogens is 286 g/mol. The highest BCUT2D eigenvalue weighted by Gasteiger charge is 2.09. The molecule has 1 aromatic rings. The molecule has 1 atom stereocenters. The highest BCUT2D eigenvalue weighted by Crippen LogP contribution is 2.15. The van der Waals surface area contributed by atoms with Crippen molar-refractivity contribution in [1.82, 2.24) is 5.32 Å². The second-order valence-corrected chi connectivity index (χ2v) is 7.83. The second kappa shape index (κ2) is 8.51. The first-order valence-corrected chi connectivity index (χ1v) is 9.31. The Hall–Kier alpha value is -0.910. The van der Waals surface area contributed by atoms with Crippen LogP contribution >= 0.6 is 0 Å². The zero-order valence-electron chi connectivity index (χ0n) is 13.4. The average Bonchev–Trinajstić information content (AvgIpc) is 2.41. The van der Waals surface area contributed by atoms with Gasteiger partial charge in [-0.3, -0.25) is 0 Å². The van der Waals surface area contributed by atoms with Crippen molar-refractivity contribution in [2.24, 2.45) is 5.92 Å². The summed E-state index contributed by atoms with van der Waals surface area (Å²) < 4.78 is 28.4. The molecule has 0 aliphatic rings. The van der Waals surface area contributed by atoms with Gasteiger partial charge in [0.25, 0.3) is 0 Å². The van der Waals surface area contributed by atoms with Gasteiger partial charge >= 0.3 is 0 Å². The number of benzene rings is 1. The predicted octanol–water partition coefficient (Wildman–Crippen LogP) is 2.80. The summed E-state index contributed by atoms with van der Waals surface area (Å²) >= 11 is 0. The summed E-state index contributed by atoms with van der Waals surface area (Å²) in [4.78, 5) is 0.357. The van der Waals surface area contributed by atoms with E-state index in [1.54, 1.807) is 12.1 Å². The van der Waals surface area contributed by atoms with Gasteiger partial charge in [-0.05, 0) is 37.0 Å². The molecule has 4 nitrogen and oxygen atoms in total. The minimum absolute atomic E-state index is 0.173. The Kier molecular flexibility index (Phi) is 7.35. The van der Waals surface area contributed by atoms with E-state index in [9.17, 15) is 8.42 Å². The Bertz CT molecular complexity index is 509. The fraction of sp³-hybridized carbons (Fsp3) is 0.625. The van der Waals surface area contributed by atoms with Gasteiger partial charge in [-0.15, -0.1) is 0 Å². The lowest BCUT2D eigenvalue weighted by molar-refractivity contribution is 0.123. The van der Waals surface area contributed by atoms with Crippen molar-refractivity contribution in [2.45, 2.75) is 38.1 Å². The van der Waals surface area contributed by atoms with Crippen LogP contribution in [-0.2, 0) is 14.6 Å². The monoisotopic (exact) mass is 313 g/mol. The quantitative estimate of drug-likeness (QED) is 0.712. The number of hydrogen-bond acceptors (Lipinski definition) is 4. The van der Waals surface area contributed by atoms with Gasteiger partial charge in [0.05, 0.1) is 11.5 Å². The van der Waals surface area contributed by atoms with E-state index in [1.807, 2.05) is 12.1 Å². The van der Waals surface area contributed by atoms with Crippen molar-refractivity contribution in [1.29, 1.82) is 0 Å². The molecule has 0 aromatic heterocycles. The third-order valence-corrected chi connectivity index (χ3v) is 4.47. The number of nitrogens with one attached hydrogen (secondary N) is 1. The van der Waals surface area contributed by atoms with Crippen LogP contribution < -0.4 is 5.32 Å². The highest BCUT2D eigenvalue weighted by atomic mass is 32.2. The molecule has 120 valence electrons. The Morgan fingerprint density at radius 1 is 1.10 bits per heavy atom. The molecule has 0 radical (unpaired) electrons. The lowest BCUT2D eigenvalue weighted by Crippen LogP contribution is -2.23. The van der Waals surface area contributed by atoms with E-state index in [1.165, 1.54) is 6.26 Å². The van der Waals surface area contributed by atoms with Crippen LogP contribution in [-0.4, -0.2) is 34.4 Å². The SMILES string of the molecule is CC(C)CCOCCNC(C)c1ccc(S(C)(=O)=O)cc1. The van der Waals surface area contributed by atoms with E-state index in [-0.39, 0.29) is 6.04 Å². The minimum atomic E-state index is -3.12. The van der Waals surface area contributed by atoms with E-state index in [0.29, 0.717) is 17.4 Å². The molecule has 0 amide bonds. The van der Waals surface area contributed by atoms with Gasteiger partial charge in [-0.1, -0.05) is 26.0 Å². The number of ether oxygens (including phenoxy) is 1. The predicted molar refractivity (Wildman–Crippen MR) is 86.2 cm³/mol. The molecule has 0 heterocycles. The Balaban J connectivity index is 2.34. The third kappa shape index (κ3) is 7.07. The van der Waals surface area contributed by atoms with Crippen LogP contribution in [0.4, 0.5) is 0 Å². The third-order valence-electron chi connectivity index (χ3n) is 3.34. The molecule has 0 aliphatic carbocycles. The van der Waals surface area contributed by atoms with Crippen molar-refractivity contribution in [3.63, 3.8) is 0 Å². The maximum absolute atomic E-state index is 11.4. The van der Waals surface area contributed by atoms with Gasteiger partial charge in [0.2, 0.25) is 0 Å². The summed E-state index contributed by atoms with van der Waals surface area (Å²) in [6.45, 7) is 8.71. The molecule has 1 N–H and O–H groups in total. The maximum atomic E-state index is 11.4. The molecule has 1 rings (SSSR count). The first-order chi connectivity index (χ1) is 9.80. The lowest BCUT2D eigenvalue weighted by atomic mass is 10.1. The van der Waals surface area contributed by atoms with Gasteiger partial charge < -0.3 is 10.1 Å². The van der Waals surface area contributed by atoms with Crippen LogP contribution in [0.15, 0.2) is 29.2 Å². The summed E-state index contributed by atoms with van der Waals surface area (Å²) in [6, 6.07) is 7.19. The van der Waals surface area contributed by atoms with Crippen LogP contribution in [0.25, 0.3) is 0 Å². The average molecular weight is 313 g/mol. The molecule has 0 aliphatic heterocycles. The summed E-state index contributed by atoms with van der Waals surface area (Å²) in [6.07, 6.45) is 2.31. The Morgan fingerprint density at radius 3 is 2.24 bits per heavy atom. The molecule has 0 saturated carbocycles. The van der Waals surface area contributed by atoms with Crippen LogP contribution in [0, 0.1) is 5.92 Å². The van der Waals surface area contributed by atoms with Crippen LogP contribution in [0.5, 0.6) is 0 Å². The molecular formula is C16H27NO3S. The van der Waals surface area contributed by atoms with E-state index in [4.69, 9.17) is 4.74 Å². The molecule has 0 fully saturated rings. The van der Waals surface area contributed by atoms with Gasteiger partial charge in [0.1, 0.15) is 0 Å². The maximum Gasteiger partial charge on any atom is 0.175 e. The first kappa shape index (κ1) is 18.1. The lowest BCUT2D eigenvalue weighted by Gasteiger charge is -2.15. The molecule has 0 spiro atoms. The fourth-order valence-electron chi connectivity index (χ4n) is 1.89. The van der Waals surface area contributed by atoms with E-state index in [0.717, 1.165) is 25.1 Å². The van der Waals surface area contributed by atoms with Gasteiger partial charge in [-0.2, -0.15) is 0 Å². The first-order valence-electron chi connectivity index (χ1n) is 7.42. The van der Waals surface area contributed by atoms with Crippen molar-refractivity contribution in [3.05, 3.63) is 29.8 Å². The van der Waals surface area contributed by atoms with Crippen molar-refractivity contribution in [2.75, 3.05) is 26.0 Å². The fourth-order valence-corrected chi connectivity index (χ4v) is 2.52. The summed E-state index contributed by atoms with van der Waals surface area (Å²) in [7, 11) is -3.12. The molecule has 0 saturated heterocycles. The molecule has 21 heavy (non-hydrogen) atoms.